The Morgan fingerprint density at radius 1 is 1.25 bits per heavy atom. The van der Waals surface area contributed by atoms with Crippen molar-refractivity contribution in [3.8, 4) is 5.75 Å². The molecule has 0 aliphatic carbocycles. The molecule has 3 rings (SSSR count). The molecule has 0 aliphatic rings. The van der Waals surface area contributed by atoms with E-state index in [0.29, 0.717) is 17.4 Å². The van der Waals surface area contributed by atoms with Crippen LogP contribution in [0.1, 0.15) is 0 Å². The SMILES string of the molecule is [C-]#[N+]c1ccc(Nc2nc3ccccc3[nH]2)cc1OC. The number of aromatic nitrogens is 2. The van der Waals surface area contributed by atoms with Crippen LogP contribution in [0, 0.1) is 6.57 Å². The van der Waals surface area contributed by atoms with Crippen LogP contribution in [0.25, 0.3) is 15.9 Å². The van der Waals surface area contributed by atoms with Crippen LogP contribution < -0.4 is 10.1 Å². The quantitative estimate of drug-likeness (QED) is 0.706. The first-order valence-corrected chi connectivity index (χ1v) is 6.07. The maximum Gasteiger partial charge on any atom is 0.228 e. The van der Waals surface area contributed by atoms with Crippen molar-refractivity contribution < 1.29 is 4.74 Å². The van der Waals surface area contributed by atoms with Crippen LogP contribution >= 0.6 is 0 Å². The third-order valence-electron chi connectivity index (χ3n) is 2.95. The number of hydrogen-bond donors (Lipinski definition) is 2. The molecule has 20 heavy (non-hydrogen) atoms. The van der Waals surface area contributed by atoms with Crippen molar-refractivity contribution in [3.05, 3.63) is 53.9 Å². The number of hydrogen-bond acceptors (Lipinski definition) is 3. The standard InChI is InChI=1S/C15H12N4O/c1-16-13-8-7-10(9-14(13)20-2)17-15-18-11-5-3-4-6-12(11)19-15/h3-9H,2H3,(H2,17,18,19). The lowest BCUT2D eigenvalue weighted by Gasteiger charge is -2.07. The molecule has 5 heteroatoms. The predicted octanol–water partition coefficient (Wildman–Crippen LogP) is 3.87. The summed E-state index contributed by atoms with van der Waals surface area (Å²) in [6.07, 6.45) is 0. The van der Waals surface area contributed by atoms with Gasteiger partial charge in [0.25, 0.3) is 0 Å². The highest BCUT2D eigenvalue weighted by molar-refractivity contribution is 5.78. The second-order valence-corrected chi connectivity index (χ2v) is 4.23. The highest BCUT2D eigenvalue weighted by Gasteiger charge is 2.06. The molecule has 0 aliphatic heterocycles. The van der Waals surface area contributed by atoms with Crippen LogP contribution in [-0.4, -0.2) is 17.1 Å². The summed E-state index contributed by atoms with van der Waals surface area (Å²) in [6.45, 7) is 7.06. The Kier molecular flexibility index (Phi) is 2.98. The average molecular weight is 264 g/mol. The Balaban J connectivity index is 1.92. The minimum absolute atomic E-state index is 0.489. The number of para-hydroxylation sites is 2. The van der Waals surface area contributed by atoms with Crippen molar-refractivity contribution in [1.29, 1.82) is 0 Å². The fourth-order valence-electron chi connectivity index (χ4n) is 2.00. The van der Waals surface area contributed by atoms with Gasteiger partial charge in [0, 0.05) is 5.69 Å². The molecule has 5 nitrogen and oxygen atoms in total. The molecule has 3 aromatic rings. The third-order valence-corrected chi connectivity index (χ3v) is 2.95. The van der Waals surface area contributed by atoms with E-state index in [9.17, 15) is 0 Å². The largest absolute Gasteiger partial charge is 0.508 e. The number of imidazole rings is 1. The molecule has 1 aromatic heterocycles. The van der Waals surface area contributed by atoms with Crippen LogP contribution in [-0.2, 0) is 0 Å². The molecule has 1 heterocycles. The number of methoxy groups -OCH3 is 1. The number of rotatable bonds is 3. The number of nitrogens with one attached hydrogen (secondary N) is 2. The molecule has 98 valence electrons. The van der Waals surface area contributed by atoms with Gasteiger partial charge in [-0.2, -0.15) is 0 Å². The Bertz CT molecular complexity index is 768. The monoisotopic (exact) mass is 264 g/mol. The van der Waals surface area contributed by atoms with E-state index in [1.165, 1.54) is 0 Å². The van der Waals surface area contributed by atoms with Crippen molar-refractivity contribution in [1.82, 2.24) is 9.97 Å². The fraction of sp³-hybridized carbons (Fsp3) is 0.0667. The van der Waals surface area contributed by atoms with E-state index >= 15 is 0 Å². The van der Waals surface area contributed by atoms with Crippen molar-refractivity contribution >= 4 is 28.4 Å². The summed E-state index contributed by atoms with van der Waals surface area (Å²) in [5.41, 5.74) is 3.18. The van der Waals surface area contributed by atoms with Gasteiger partial charge in [0.05, 0.1) is 24.7 Å². The maximum atomic E-state index is 7.06. The normalized spacial score (nSPS) is 10.2. The first-order valence-electron chi connectivity index (χ1n) is 6.07. The number of anilines is 2. The fourth-order valence-corrected chi connectivity index (χ4v) is 2.00. The van der Waals surface area contributed by atoms with Crippen molar-refractivity contribution in [2.75, 3.05) is 12.4 Å². The second-order valence-electron chi connectivity index (χ2n) is 4.23. The number of benzene rings is 2. The molecule has 0 unspecified atom stereocenters. The molecule has 0 saturated carbocycles. The number of nitrogens with zero attached hydrogens (tertiary/aromatic N) is 2. The minimum Gasteiger partial charge on any atom is -0.508 e. The lowest BCUT2D eigenvalue weighted by molar-refractivity contribution is 0.417. The van der Waals surface area contributed by atoms with Gasteiger partial charge in [0.1, 0.15) is 5.75 Å². The Labute approximate surface area is 116 Å². The zero-order chi connectivity index (χ0) is 13.9. The number of H-pyrrole nitrogens is 1. The summed E-state index contributed by atoms with van der Waals surface area (Å²) < 4.78 is 5.19. The highest BCUT2D eigenvalue weighted by atomic mass is 16.5. The zero-order valence-corrected chi connectivity index (χ0v) is 10.8. The van der Waals surface area contributed by atoms with Crippen molar-refractivity contribution in [3.63, 3.8) is 0 Å². The summed E-state index contributed by atoms with van der Waals surface area (Å²) in [7, 11) is 1.55. The van der Waals surface area contributed by atoms with E-state index in [4.69, 9.17) is 11.3 Å². The average Bonchev–Trinajstić information content (AvgIpc) is 2.89. The van der Waals surface area contributed by atoms with Gasteiger partial charge in [0.15, 0.2) is 0 Å². The first-order chi connectivity index (χ1) is 9.80. The van der Waals surface area contributed by atoms with E-state index < -0.39 is 0 Å². The zero-order valence-electron chi connectivity index (χ0n) is 10.8. The molecule has 0 amide bonds. The molecule has 2 aromatic carbocycles. The van der Waals surface area contributed by atoms with Gasteiger partial charge in [-0.3, -0.25) is 0 Å². The molecule has 2 N–H and O–H groups in total. The molecule has 0 atom stereocenters. The van der Waals surface area contributed by atoms with Gasteiger partial charge in [-0.1, -0.05) is 18.2 Å². The summed E-state index contributed by atoms with van der Waals surface area (Å²) in [4.78, 5) is 11.0. The third kappa shape index (κ3) is 2.15. The summed E-state index contributed by atoms with van der Waals surface area (Å²) in [5, 5.41) is 3.17. The minimum atomic E-state index is 0.489. The molecule has 0 saturated heterocycles. The van der Waals surface area contributed by atoms with Gasteiger partial charge in [0.2, 0.25) is 11.6 Å². The summed E-state index contributed by atoms with van der Waals surface area (Å²) >= 11 is 0. The van der Waals surface area contributed by atoms with Gasteiger partial charge >= 0.3 is 0 Å². The van der Waals surface area contributed by atoms with Gasteiger partial charge in [-0.05, 0) is 24.3 Å². The van der Waals surface area contributed by atoms with Crippen molar-refractivity contribution in [2.24, 2.45) is 0 Å². The molecule has 0 bridgehead atoms. The van der Waals surface area contributed by atoms with Crippen LogP contribution in [0.15, 0.2) is 42.5 Å². The molecular weight excluding hydrogens is 252 g/mol. The summed E-state index contributed by atoms with van der Waals surface area (Å²) in [6, 6.07) is 13.1. The molecule has 0 radical (unpaired) electrons. The topological polar surface area (TPSA) is 54.3 Å². The van der Waals surface area contributed by atoms with E-state index in [0.717, 1.165) is 16.7 Å². The number of aromatic amines is 1. The van der Waals surface area contributed by atoms with Crippen LogP contribution in [0.3, 0.4) is 0 Å². The van der Waals surface area contributed by atoms with Crippen LogP contribution in [0.4, 0.5) is 17.3 Å². The van der Waals surface area contributed by atoms with Gasteiger partial charge < -0.3 is 15.0 Å². The van der Waals surface area contributed by atoms with E-state index in [2.05, 4.69) is 20.1 Å². The molecule has 0 fully saturated rings. The Hall–Kier alpha value is -3.00. The highest BCUT2D eigenvalue weighted by Crippen LogP contribution is 2.31. The molecular formula is C15H12N4O. The predicted molar refractivity (Wildman–Crippen MR) is 78.6 cm³/mol. The van der Waals surface area contributed by atoms with Crippen molar-refractivity contribution in [2.45, 2.75) is 0 Å². The number of fused-ring (bicyclic) bond motifs is 1. The van der Waals surface area contributed by atoms with Gasteiger partial charge in [-0.15, -0.1) is 0 Å². The van der Waals surface area contributed by atoms with Crippen LogP contribution in [0.5, 0.6) is 5.75 Å². The lowest BCUT2D eigenvalue weighted by Crippen LogP contribution is -1.93. The molecule has 0 spiro atoms. The maximum absolute atomic E-state index is 7.06. The lowest BCUT2D eigenvalue weighted by atomic mass is 10.2. The first kappa shape index (κ1) is 12.1. The van der Waals surface area contributed by atoms with E-state index in [1.54, 1.807) is 19.2 Å². The number of ether oxygens (including phenoxy) is 1. The second kappa shape index (κ2) is 4.94. The Morgan fingerprint density at radius 3 is 2.85 bits per heavy atom. The smallest absolute Gasteiger partial charge is 0.228 e. The Morgan fingerprint density at radius 2 is 2.10 bits per heavy atom. The van der Waals surface area contributed by atoms with Crippen LogP contribution in [0.2, 0.25) is 0 Å². The van der Waals surface area contributed by atoms with E-state index in [1.807, 2.05) is 30.3 Å². The summed E-state index contributed by atoms with van der Waals surface area (Å²) in [5.74, 6) is 1.20. The van der Waals surface area contributed by atoms with Gasteiger partial charge in [-0.25, -0.2) is 9.83 Å². The van der Waals surface area contributed by atoms with E-state index in [-0.39, 0.29) is 0 Å².